The highest BCUT2D eigenvalue weighted by Crippen LogP contribution is 2.20. The van der Waals surface area contributed by atoms with E-state index in [9.17, 15) is 4.39 Å². The molecule has 0 saturated heterocycles. The third kappa shape index (κ3) is 3.52. The van der Waals surface area contributed by atoms with Crippen LogP contribution in [0.5, 0.6) is 0 Å². The molecule has 0 radical (unpaired) electrons. The molecule has 0 saturated carbocycles. The van der Waals surface area contributed by atoms with Crippen molar-refractivity contribution in [1.82, 2.24) is 0 Å². The van der Waals surface area contributed by atoms with E-state index in [0.29, 0.717) is 17.8 Å². The molecule has 2 aromatic rings. The van der Waals surface area contributed by atoms with Crippen molar-refractivity contribution in [2.45, 2.75) is 6.54 Å². The number of nitrogens with two attached hydrogens (primary N) is 1. The number of hydrogen-bond acceptors (Lipinski definition) is 2. The first kappa shape index (κ1) is 14.0. The fourth-order valence-electron chi connectivity index (χ4n) is 1.64. The van der Waals surface area contributed by atoms with Crippen LogP contribution in [0.3, 0.4) is 0 Å². The molecule has 98 valence electrons. The van der Waals surface area contributed by atoms with Crippen LogP contribution in [0.2, 0.25) is 0 Å². The summed E-state index contributed by atoms with van der Waals surface area (Å²) in [6.45, 7) is 0.533. The van der Waals surface area contributed by atoms with Gasteiger partial charge in [-0.25, -0.2) is 4.39 Å². The van der Waals surface area contributed by atoms with E-state index in [1.807, 2.05) is 24.3 Å². The van der Waals surface area contributed by atoms with Gasteiger partial charge < -0.3 is 11.1 Å². The second-order valence-corrected chi connectivity index (χ2v) is 5.30. The molecule has 2 nitrogen and oxygen atoms in total. The molecule has 0 spiro atoms. The van der Waals surface area contributed by atoms with Crippen LogP contribution in [-0.2, 0) is 6.54 Å². The summed E-state index contributed by atoms with van der Waals surface area (Å²) in [6, 6.07) is 12.5. The van der Waals surface area contributed by atoms with Crippen molar-refractivity contribution in [2.24, 2.45) is 5.73 Å². The largest absolute Gasteiger partial charge is 0.389 e. The van der Waals surface area contributed by atoms with Crippen LogP contribution < -0.4 is 11.1 Å². The molecule has 0 aliphatic carbocycles. The Hall–Kier alpha value is -1.46. The minimum atomic E-state index is -0.364. The molecule has 0 fully saturated rings. The van der Waals surface area contributed by atoms with Gasteiger partial charge in [-0.1, -0.05) is 46.3 Å². The molecule has 2 rings (SSSR count). The molecular weight excluding hydrogens is 327 g/mol. The van der Waals surface area contributed by atoms with Crippen LogP contribution in [0.1, 0.15) is 11.1 Å². The molecule has 0 aliphatic rings. The minimum absolute atomic E-state index is 0.191. The van der Waals surface area contributed by atoms with E-state index in [-0.39, 0.29) is 10.8 Å². The maximum absolute atomic E-state index is 13.8. The molecule has 0 amide bonds. The topological polar surface area (TPSA) is 38.0 Å². The van der Waals surface area contributed by atoms with Crippen LogP contribution in [0.25, 0.3) is 0 Å². The summed E-state index contributed by atoms with van der Waals surface area (Å²) in [5.74, 6) is -0.364. The minimum Gasteiger partial charge on any atom is -0.389 e. The first-order valence-electron chi connectivity index (χ1n) is 5.64. The number of rotatable bonds is 4. The van der Waals surface area contributed by atoms with Gasteiger partial charge in [-0.2, -0.15) is 0 Å². The third-order valence-electron chi connectivity index (χ3n) is 2.68. The molecule has 0 heterocycles. The summed E-state index contributed by atoms with van der Waals surface area (Å²) in [5.41, 5.74) is 7.47. The van der Waals surface area contributed by atoms with Crippen molar-refractivity contribution in [3.63, 3.8) is 0 Å². The van der Waals surface area contributed by atoms with E-state index >= 15 is 0 Å². The summed E-state index contributed by atoms with van der Waals surface area (Å²) in [6.07, 6.45) is 0. The lowest BCUT2D eigenvalue weighted by molar-refractivity contribution is 0.630. The van der Waals surface area contributed by atoms with E-state index in [4.69, 9.17) is 18.0 Å². The number of halogens is 2. The zero-order chi connectivity index (χ0) is 13.8. The second kappa shape index (κ2) is 6.12. The van der Waals surface area contributed by atoms with Crippen LogP contribution in [0, 0.1) is 5.82 Å². The summed E-state index contributed by atoms with van der Waals surface area (Å²) in [4.78, 5) is 0.191. The lowest BCUT2D eigenvalue weighted by Crippen LogP contribution is -2.10. The Morgan fingerprint density at radius 3 is 2.63 bits per heavy atom. The maximum Gasteiger partial charge on any atom is 0.146 e. The number of benzene rings is 2. The SMILES string of the molecule is NC(=S)c1ccc(NCc2ccccc2Br)c(F)c1. The molecular formula is C14H12BrFN2S. The lowest BCUT2D eigenvalue weighted by Gasteiger charge is -2.10. The van der Waals surface area contributed by atoms with Crippen molar-refractivity contribution >= 4 is 38.8 Å². The fourth-order valence-corrected chi connectivity index (χ4v) is 2.20. The summed E-state index contributed by atoms with van der Waals surface area (Å²) < 4.78 is 14.8. The van der Waals surface area contributed by atoms with E-state index in [1.54, 1.807) is 12.1 Å². The Morgan fingerprint density at radius 2 is 2.00 bits per heavy atom. The molecule has 0 bridgehead atoms. The van der Waals surface area contributed by atoms with Crippen molar-refractivity contribution in [1.29, 1.82) is 0 Å². The summed E-state index contributed by atoms with van der Waals surface area (Å²) in [7, 11) is 0. The third-order valence-corrected chi connectivity index (χ3v) is 3.69. The van der Waals surface area contributed by atoms with Gasteiger partial charge in [0.1, 0.15) is 10.8 Å². The zero-order valence-corrected chi connectivity index (χ0v) is 12.4. The monoisotopic (exact) mass is 338 g/mol. The van der Waals surface area contributed by atoms with E-state index in [2.05, 4.69) is 21.2 Å². The Labute approximate surface area is 124 Å². The summed E-state index contributed by atoms with van der Waals surface area (Å²) in [5, 5.41) is 3.05. The smallest absolute Gasteiger partial charge is 0.146 e. The lowest BCUT2D eigenvalue weighted by atomic mass is 10.2. The molecule has 0 atom stereocenters. The molecule has 0 unspecified atom stereocenters. The number of hydrogen-bond donors (Lipinski definition) is 2. The average molecular weight is 339 g/mol. The van der Waals surface area contributed by atoms with E-state index in [0.717, 1.165) is 10.0 Å². The van der Waals surface area contributed by atoms with Gasteiger partial charge in [0, 0.05) is 16.6 Å². The first-order valence-corrected chi connectivity index (χ1v) is 6.84. The predicted octanol–water partition coefficient (Wildman–Crippen LogP) is 3.83. The van der Waals surface area contributed by atoms with Gasteiger partial charge in [0.05, 0.1) is 5.69 Å². The molecule has 3 N–H and O–H groups in total. The van der Waals surface area contributed by atoms with Crippen LogP contribution in [0.4, 0.5) is 10.1 Å². The number of thiocarbonyl (C=S) groups is 1. The Kier molecular flexibility index (Phi) is 4.50. The second-order valence-electron chi connectivity index (χ2n) is 4.00. The standard InChI is InChI=1S/C14H12BrFN2S/c15-11-4-2-1-3-10(11)8-18-13-6-5-9(14(17)19)7-12(13)16/h1-7,18H,8H2,(H2,17,19). The summed E-state index contributed by atoms with van der Waals surface area (Å²) >= 11 is 8.26. The molecule has 19 heavy (non-hydrogen) atoms. The van der Waals surface area contributed by atoms with Crippen LogP contribution >= 0.6 is 28.1 Å². The van der Waals surface area contributed by atoms with Crippen molar-refractivity contribution in [2.75, 3.05) is 5.32 Å². The van der Waals surface area contributed by atoms with Gasteiger partial charge in [0.15, 0.2) is 0 Å². The quantitative estimate of drug-likeness (QED) is 0.832. The van der Waals surface area contributed by atoms with Crippen molar-refractivity contribution in [3.8, 4) is 0 Å². The van der Waals surface area contributed by atoms with Gasteiger partial charge in [-0.3, -0.25) is 0 Å². The first-order chi connectivity index (χ1) is 9.08. The van der Waals surface area contributed by atoms with E-state index in [1.165, 1.54) is 6.07 Å². The number of anilines is 1. The van der Waals surface area contributed by atoms with Gasteiger partial charge >= 0.3 is 0 Å². The highest BCUT2D eigenvalue weighted by molar-refractivity contribution is 9.10. The van der Waals surface area contributed by atoms with Gasteiger partial charge in [0.25, 0.3) is 0 Å². The normalized spacial score (nSPS) is 10.2. The highest BCUT2D eigenvalue weighted by Gasteiger charge is 2.05. The van der Waals surface area contributed by atoms with Gasteiger partial charge in [-0.05, 0) is 29.8 Å². The molecule has 0 aromatic heterocycles. The maximum atomic E-state index is 13.8. The van der Waals surface area contributed by atoms with Crippen molar-refractivity contribution < 1.29 is 4.39 Å². The van der Waals surface area contributed by atoms with Crippen LogP contribution in [0.15, 0.2) is 46.9 Å². The highest BCUT2D eigenvalue weighted by atomic mass is 79.9. The Bertz CT molecular complexity index is 616. The van der Waals surface area contributed by atoms with Crippen molar-refractivity contribution in [3.05, 3.63) is 63.9 Å². The molecule has 5 heteroatoms. The molecule has 2 aromatic carbocycles. The zero-order valence-electron chi connectivity index (χ0n) is 9.99. The Morgan fingerprint density at radius 1 is 1.26 bits per heavy atom. The van der Waals surface area contributed by atoms with Gasteiger partial charge in [0.2, 0.25) is 0 Å². The molecule has 0 aliphatic heterocycles. The van der Waals surface area contributed by atoms with Gasteiger partial charge in [-0.15, -0.1) is 0 Å². The number of nitrogens with one attached hydrogen (secondary N) is 1. The van der Waals surface area contributed by atoms with Crippen LogP contribution in [-0.4, -0.2) is 4.99 Å². The predicted molar refractivity (Wildman–Crippen MR) is 83.8 cm³/mol. The fraction of sp³-hybridized carbons (Fsp3) is 0.0714. The van der Waals surface area contributed by atoms with E-state index < -0.39 is 0 Å². The Balaban J connectivity index is 2.12. The average Bonchev–Trinajstić information content (AvgIpc) is 2.39.